The zero-order valence-electron chi connectivity index (χ0n) is 14.0. The molecule has 1 heterocycles. The number of hydrogen-bond acceptors (Lipinski definition) is 4. The van der Waals surface area contributed by atoms with Crippen LogP contribution in [0.25, 0.3) is 10.9 Å². The van der Waals surface area contributed by atoms with Crippen LogP contribution in [0, 0.1) is 0 Å². The fourth-order valence-electron chi connectivity index (χ4n) is 2.55. The Morgan fingerprint density at radius 2 is 2.05 bits per heavy atom. The molecule has 0 radical (unpaired) electrons. The van der Waals surface area contributed by atoms with E-state index in [1.165, 1.54) is 0 Å². The summed E-state index contributed by atoms with van der Waals surface area (Å²) in [4.78, 5) is 19.6. The average molecular weight is 302 g/mol. The number of benzene rings is 1. The van der Waals surface area contributed by atoms with Crippen molar-refractivity contribution in [3.05, 3.63) is 40.4 Å². The first-order valence-electron chi connectivity index (χ1n) is 7.92. The Bertz CT molecular complexity index is 678. The molecule has 2 aromatic rings. The zero-order chi connectivity index (χ0) is 16.1. The number of aromatic nitrogens is 2. The van der Waals surface area contributed by atoms with Crippen LogP contribution in [-0.4, -0.2) is 41.6 Å². The van der Waals surface area contributed by atoms with Gasteiger partial charge in [0.15, 0.2) is 0 Å². The second-order valence-electron chi connectivity index (χ2n) is 5.92. The fraction of sp³-hybridized carbons (Fsp3) is 0.529. The van der Waals surface area contributed by atoms with Crippen LogP contribution < -0.4 is 10.9 Å². The minimum Gasteiger partial charge on any atom is -0.308 e. The molecule has 1 unspecified atom stereocenters. The van der Waals surface area contributed by atoms with Crippen LogP contribution in [0.2, 0.25) is 0 Å². The largest absolute Gasteiger partial charge is 0.308 e. The number of likely N-dealkylation sites (N-methyl/N-ethyl adjacent to an activating group) is 1. The highest BCUT2D eigenvalue weighted by atomic mass is 16.1. The lowest BCUT2D eigenvalue weighted by Crippen LogP contribution is -2.34. The van der Waals surface area contributed by atoms with E-state index in [0.29, 0.717) is 11.9 Å². The summed E-state index contributed by atoms with van der Waals surface area (Å²) in [6.45, 7) is 6.67. The van der Waals surface area contributed by atoms with E-state index in [4.69, 9.17) is 4.98 Å². The zero-order valence-corrected chi connectivity index (χ0v) is 14.0. The van der Waals surface area contributed by atoms with Crippen molar-refractivity contribution in [3.8, 4) is 0 Å². The van der Waals surface area contributed by atoms with Crippen molar-refractivity contribution in [3.63, 3.8) is 0 Å². The Morgan fingerprint density at radius 1 is 1.32 bits per heavy atom. The summed E-state index contributed by atoms with van der Waals surface area (Å²) in [6, 6.07) is 7.62. The molecule has 120 valence electrons. The molecule has 0 aliphatic rings. The third-order valence-electron chi connectivity index (χ3n) is 3.74. The second-order valence-corrected chi connectivity index (χ2v) is 5.92. The van der Waals surface area contributed by atoms with Gasteiger partial charge in [0.25, 0.3) is 5.56 Å². The van der Waals surface area contributed by atoms with E-state index in [2.05, 4.69) is 24.1 Å². The molecule has 0 aliphatic heterocycles. The standard InChI is InChI=1S/C17H26N4O/c1-5-11-21-16(13(2)18-10-12-20(3)4)19-15-9-7-6-8-14(15)17(21)22/h6-9,13,18H,5,10-12H2,1-4H3. The molecule has 0 fully saturated rings. The van der Waals surface area contributed by atoms with Crippen molar-refractivity contribution >= 4 is 10.9 Å². The van der Waals surface area contributed by atoms with Gasteiger partial charge in [-0.25, -0.2) is 4.98 Å². The van der Waals surface area contributed by atoms with Gasteiger partial charge in [0.1, 0.15) is 5.82 Å². The predicted octanol–water partition coefficient (Wildman–Crippen LogP) is 2.02. The van der Waals surface area contributed by atoms with Gasteiger partial charge in [-0.15, -0.1) is 0 Å². The van der Waals surface area contributed by atoms with E-state index in [9.17, 15) is 4.79 Å². The first kappa shape index (κ1) is 16.6. The molecule has 1 atom stereocenters. The molecule has 22 heavy (non-hydrogen) atoms. The summed E-state index contributed by atoms with van der Waals surface area (Å²) in [5, 5.41) is 4.15. The van der Waals surface area contributed by atoms with Gasteiger partial charge in [0, 0.05) is 19.6 Å². The average Bonchev–Trinajstić information content (AvgIpc) is 2.49. The van der Waals surface area contributed by atoms with Crippen LogP contribution in [0.1, 0.15) is 32.1 Å². The lowest BCUT2D eigenvalue weighted by Gasteiger charge is -2.20. The Kier molecular flexibility index (Phi) is 5.69. The molecule has 0 bridgehead atoms. The van der Waals surface area contributed by atoms with Crippen LogP contribution in [0.5, 0.6) is 0 Å². The third-order valence-corrected chi connectivity index (χ3v) is 3.74. The fourth-order valence-corrected chi connectivity index (χ4v) is 2.55. The van der Waals surface area contributed by atoms with Crippen LogP contribution in [0.15, 0.2) is 29.1 Å². The van der Waals surface area contributed by atoms with Crippen molar-refractivity contribution in [2.75, 3.05) is 27.2 Å². The van der Waals surface area contributed by atoms with Crippen LogP contribution in [-0.2, 0) is 6.54 Å². The van der Waals surface area contributed by atoms with E-state index in [0.717, 1.165) is 30.9 Å². The molecule has 0 saturated carbocycles. The van der Waals surface area contributed by atoms with Crippen molar-refractivity contribution in [2.45, 2.75) is 32.9 Å². The summed E-state index contributed by atoms with van der Waals surface area (Å²) >= 11 is 0. The summed E-state index contributed by atoms with van der Waals surface area (Å²) in [5.74, 6) is 0.823. The lowest BCUT2D eigenvalue weighted by atomic mass is 10.2. The number of nitrogens with one attached hydrogen (secondary N) is 1. The third kappa shape index (κ3) is 3.72. The number of hydrogen-bond donors (Lipinski definition) is 1. The topological polar surface area (TPSA) is 50.2 Å². The Balaban J connectivity index is 2.38. The number of fused-ring (bicyclic) bond motifs is 1. The predicted molar refractivity (Wildman–Crippen MR) is 91.3 cm³/mol. The quantitative estimate of drug-likeness (QED) is 0.850. The van der Waals surface area contributed by atoms with Crippen LogP contribution in [0.3, 0.4) is 0 Å². The minimum absolute atomic E-state index is 0.0452. The molecular weight excluding hydrogens is 276 g/mol. The Morgan fingerprint density at radius 3 is 2.73 bits per heavy atom. The van der Waals surface area contributed by atoms with Crippen molar-refractivity contribution in [1.82, 2.24) is 19.8 Å². The molecule has 1 aromatic carbocycles. The normalized spacial score (nSPS) is 13.0. The first-order valence-corrected chi connectivity index (χ1v) is 7.92. The monoisotopic (exact) mass is 302 g/mol. The molecule has 2 rings (SSSR count). The highest BCUT2D eigenvalue weighted by molar-refractivity contribution is 5.77. The van der Waals surface area contributed by atoms with Gasteiger partial charge in [0.2, 0.25) is 0 Å². The summed E-state index contributed by atoms with van der Waals surface area (Å²) < 4.78 is 1.82. The van der Waals surface area contributed by atoms with Crippen molar-refractivity contribution < 1.29 is 0 Å². The van der Waals surface area contributed by atoms with Gasteiger partial charge in [-0.05, 0) is 39.6 Å². The van der Waals surface area contributed by atoms with E-state index in [1.54, 1.807) is 0 Å². The lowest BCUT2D eigenvalue weighted by molar-refractivity contribution is 0.382. The molecule has 0 spiro atoms. The highest BCUT2D eigenvalue weighted by Crippen LogP contribution is 2.14. The molecule has 0 amide bonds. The number of rotatable bonds is 7. The van der Waals surface area contributed by atoms with Crippen molar-refractivity contribution in [1.29, 1.82) is 0 Å². The minimum atomic E-state index is 0.0452. The summed E-state index contributed by atoms with van der Waals surface area (Å²) in [5.41, 5.74) is 0.833. The van der Waals surface area contributed by atoms with Gasteiger partial charge < -0.3 is 10.2 Å². The van der Waals surface area contributed by atoms with Gasteiger partial charge in [-0.1, -0.05) is 19.1 Å². The van der Waals surface area contributed by atoms with Gasteiger partial charge in [-0.3, -0.25) is 9.36 Å². The first-order chi connectivity index (χ1) is 10.5. The molecule has 5 heteroatoms. The van der Waals surface area contributed by atoms with Crippen LogP contribution >= 0.6 is 0 Å². The molecule has 0 saturated heterocycles. The summed E-state index contributed by atoms with van der Waals surface area (Å²) in [6.07, 6.45) is 0.914. The van der Waals surface area contributed by atoms with Gasteiger partial charge in [-0.2, -0.15) is 0 Å². The Labute approximate surface area is 132 Å². The maximum absolute atomic E-state index is 12.7. The number of para-hydroxylation sites is 1. The van der Waals surface area contributed by atoms with E-state index >= 15 is 0 Å². The molecule has 1 aromatic heterocycles. The van der Waals surface area contributed by atoms with Crippen LogP contribution in [0.4, 0.5) is 0 Å². The highest BCUT2D eigenvalue weighted by Gasteiger charge is 2.15. The SMILES string of the molecule is CCCn1c(C(C)NCCN(C)C)nc2ccccc2c1=O. The maximum Gasteiger partial charge on any atom is 0.261 e. The van der Waals surface area contributed by atoms with E-state index < -0.39 is 0 Å². The smallest absolute Gasteiger partial charge is 0.261 e. The molecule has 0 aliphatic carbocycles. The summed E-state index contributed by atoms with van der Waals surface area (Å²) in [7, 11) is 4.10. The van der Waals surface area contributed by atoms with Gasteiger partial charge >= 0.3 is 0 Å². The molecule has 5 nitrogen and oxygen atoms in total. The number of nitrogens with zero attached hydrogens (tertiary/aromatic N) is 3. The van der Waals surface area contributed by atoms with E-state index in [-0.39, 0.29) is 11.6 Å². The van der Waals surface area contributed by atoms with E-state index in [1.807, 2.05) is 42.9 Å². The Hall–Kier alpha value is -1.72. The second kappa shape index (κ2) is 7.51. The maximum atomic E-state index is 12.7. The molecule has 1 N–H and O–H groups in total. The van der Waals surface area contributed by atoms with Gasteiger partial charge in [0.05, 0.1) is 16.9 Å². The molecular formula is C17H26N4O. The van der Waals surface area contributed by atoms with Crippen molar-refractivity contribution in [2.24, 2.45) is 0 Å².